The maximum atomic E-state index is 10.8. The lowest BCUT2D eigenvalue weighted by molar-refractivity contribution is -0.118. The van der Waals surface area contributed by atoms with Crippen molar-refractivity contribution in [2.24, 2.45) is 5.73 Å². The van der Waals surface area contributed by atoms with Gasteiger partial charge in [0.15, 0.2) is 0 Å². The monoisotopic (exact) mass is 172 g/mol. The van der Waals surface area contributed by atoms with Gasteiger partial charge in [0.25, 0.3) is 0 Å². The van der Waals surface area contributed by atoms with Gasteiger partial charge in [-0.25, -0.2) is 0 Å². The Labute approximate surface area is 71.1 Å². The average Bonchev–Trinajstić information content (AvgIpc) is 2.01. The molecule has 0 radical (unpaired) electrons. The van der Waals surface area contributed by atoms with Crippen LogP contribution in [0.15, 0.2) is 0 Å². The van der Waals surface area contributed by atoms with Crippen LogP contribution >= 0.6 is 11.8 Å². The van der Waals surface area contributed by atoms with Crippen LogP contribution in [0.25, 0.3) is 0 Å². The molecule has 0 aliphatic carbocycles. The second-order valence-corrected chi connectivity index (χ2v) is 2.93. The summed E-state index contributed by atoms with van der Waals surface area (Å²) in [5, 5.41) is 2.55. The zero-order valence-corrected chi connectivity index (χ0v) is 7.12. The van der Waals surface area contributed by atoms with Crippen molar-refractivity contribution < 1.29 is 4.79 Å². The van der Waals surface area contributed by atoms with Gasteiger partial charge in [-0.15, -0.1) is 6.42 Å². The molecule has 0 aromatic rings. The standard InChI is InChI=1S/C7H12N2OS/c1-2-4-9-7(10)6-11-5-3-8/h1H,3-6,8H2,(H,9,10). The minimum atomic E-state index is -0.0265. The van der Waals surface area contributed by atoms with Crippen molar-refractivity contribution in [3.63, 3.8) is 0 Å². The highest BCUT2D eigenvalue weighted by atomic mass is 32.2. The molecule has 0 bridgehead atoms. The summed E-state index contributed by atoms with van der Waals surface area (Å²) in [6, 6.07) is 0. The van der Waals surface area contributed by atoms with Gasteiger partial charge in [-0.2, -0.15) is 11.8 Å². The minimum Gasteiger partial charge on any atom is -0.344 e. The molecule has 3 N–H and O–H groups in total. The number of rotatable bonds is 5. The Morgan fingerprint density at radius 2 is 2.45 bits per heavy atom. The van der Waals surface area contributed by atoms with Gasteiger partial charge in [0.05, 0.1) is 12.3 Å². The summed E-state index contributed by atoms with van der Waals surface area (Å²) >= 11 is 1.51. The van der Waals surface area contributed by atoms with Crippen molar-refractivity contribution in [3.8, 4) is 12.3 Å². The van der Waals surface area contributed by atoms with Crippen LogP contribution in [0, 0.1) is 12.3 Å². The first-order valence-electron chi connectivity index (χ1n) is 3.29. The largest absolute Gasteiger partial charge is 0.344 e. The highest BCUT2D eigenvalue weighted by molar-refractivity contribution is 7.99. The molecule has 0 aromatic heterocycles. The van der Waals surface area contributed by atoms with Gasteiger partial charge in [-0.1, -0.05) is 5.92 Å². The van der Waals surface area contributed by atoms with Gasteiger partial charge < -0.3 is 11.1 Å². The molecule has 0 unspecified atom stereocenters. The maximum absolute atomic E-state index is 10.8. The predicted molar refractivity (Wildman–Crippen MR) is 48.2 cm³/mol. The van der Waals surface area contributed by atoms with Gasteiger partial charge in [0.1, 0.15) is 0 Å². The van der Waals surface area contributed by atoms with E-state index in [0.29, 0.717) is 18.8 Å². The second-order valence-electron chi connectivity index (χ2n) is 1.82. The Morgan fingerprint density at radius 1 is 1.73 bits per heavy atom. The first kappa shape index (κ1) is 10.3. The van der Waals surface area contributed by atoms with Gasteiger partial charge in [-0.3, -0.25) is 4.79 Å². The van der Waals surface area contributed by atoms with Crippen LogP contribution in [-0.2, 0) is 4.79 Å². The topological polar surface area (TPSA) is 55.1 Å². The van der Waals surface area contributed by atoms with E-state index < -0.39 is 0 Å². The summed E-state index contributed by atoms with van der Waals surface area (Å²) in [4.78, 5) is 10.8. The molecular weight excluding hydrogens is 160 g/mol. The lowest BCUT2D eigenvalue weighted by atomic mass is 10.6. The van der Waals surface area contributed by atoms with E-state index in [1.165, 1.54) is 11.8 Å². The van der Waals surface area contributed by atoms with Crippen molar-refractivity contribution >= 4 is 17.7 Å². The molecule has 0 fully saturated rings. The Morgan fingerprint density at radius 3 is 3.00 bits per heavy atom. The molecule has 4 heteroatoms. The second kappa shape index (κ2) is 7.45. The summed E-state index contributed by atoms with van der Waals surface area (Å²) in [6.45, 7) is 0.912. The summed E-state index contributed by atoms with van der Waals surface area (Å²) < 4.78 is 0. The molecule has 0 saturated heterocycles. The van der Waals surface area contributed by atoms with Crippen LogP contribution in [0.5, 0.6) is 0 Å². The van der Waals surface area contributed by atoms with Crippen LogP contribution in [-0.4, -0.2) is 30.5 Å². The summed E-state index contributed by atoms with van der Waals surface area (Å²) in [7, 11) is 0. The van der Waals surface area contributed by atoms with Crippen LogP contribution in [0.3, 0.4) is 0 Å². The summed E-state index contributed by atoms with van der Waals surface area (Å²) in [5.41, 5.74) is 5.23. The number of hydrogen-bond acceptors (Lipinski definition) is 3. The molecule has 0 aromatic carbocycles. The smallest absolute Gasteiger partial charge is 0.230 e. The van der Waals surface area contributed by atoms with Crippen molar-refractivity contribution in [1.29, 1.82) is 0 Å². The van der Waals surface area contributed by atoms with E-state index in [1.807, 2.05) is 0 Å². The first-order valence-corrected chi connectivity index (χ1v) is 4.44. The quantitative estimate of drug-likeness (QED) is 0.431. The zero-order valence-electron chi connectivity index (χ0n) is 6.30. The first-order chi connectivity index (χ1) is 5.31. The van der Waals surface area contributed by atoms with Crippen LogP contribution in [0.2, 0.25) is 0 Å². The van der Waals surface area contributed by atoms with E-state index in [9.17, 15) is 4.79 Å². The van der Waals surface area contributed by atoms with E-state index in [0.717, 1.165) is 5.75 Å². The molecule has 0 heterocycles. The molecule has 1 amide bonds. The van der Waals surface area contributed by atoms with Gasteiger partial charge in [0, 0.05) is 12.3 Å². The van der Waals surface area contributed by atoms with Crippen LogP contribution in [0.1, 0.15) is 0 Å². The summed E-state index contributed by atoms with van der Waals surface area (Å²) in [6.07, 6.45) is 4.94. The molecule has 0 spiro atoms. The molecular formula is C7H12N2OS. The fraction of sp³-hybridized carbons (Fsp3) is 0.571. The lowest BCUT2D eigenvalue weighted by Crippen LogP contribution is -2.25. The minimum absolute atomic E-state index is 0.0265. The molecule has 0 saturated carbocycles. The Kier molecular flexibility index (Phi) is 7.00. The maximum Gasteiger partial charge on any atom is 0.230 e. The van der Waals surface area contributed by atoms with Gasteiger partial charge in [0.2, 0.25) is 5.91 Å². The number of hydrogen-bond donors (Lipinski definition) is 2. The van der Waals surface area contributed by atoms with Gasteiger partial charge in [-0.05, 0) is 0 Å². The fourth-order valence-electron chi connectivity index (χ4n) is 0.449. The molecule has 0 aliphatic rings. The third-order valence-corrected chi connectivity index (χ3v) is 1.87. The SMILES string of the molecule is C#CCNC(=O)CSCCN. The molecule has 3 nitrogen and oxygen atoms in total. The third kappa shape index (κ3) is 7.23. The number of amides is 1. The highest BCUT2D eigenvalue weighted by Crippen LogP contribution is 1.95. The van der Waals surface area contributed by atoms with Crippen molar-refractivity contribution in [3.05, 3.63) is 0 Å². The third-order valence-electron chi connectivity index (χ3n) is 0.883. The fourth-order valence-corrected chi connectivity index (χ4v) is 1.05. The number of carbonyl (C=O) groups is 1. The Balaban J connectivity index is 3.17. The van der Waals surface area contributed by atoms with E-state index in [1.54, 1.807) is 0 Å². The number of terminal acetylenes is 1. The molecule has 0 aliphatic heterocycles. The van der Waals surface area contributed by atoms with E-state index in [4.69, 9.17) is 12.2 Å². The van der Waals surface area contributed by atoms with Crippen LogP contribution in [0.4, 0.5) is 0 Å². The highest BCUT2D eigenvalue weighted by Gasteiger charge is 1.97. The molecule has 11 heavy (non-hydrogen) atoms. The van der Waals surface area contributed by atoms with Crippen molar-refractivity contribution in [2.45, 2.75) is 0 Å². The van der Waals surface area contributed by atoms with Crippen LogP contribution < -0.4 is 11.1 Å². The zero-order chi connectivity index (χ0) is 8.53. The molecule has 0 atom stereocenters. The number of thioether (sulfide) groups is 1. The Bertz CT molecular complexity index is 153. The number of carbonyl (C=O) groups excluding carboxylic acids is 1. The average molecular weight is 172 g/mol. The van der Waals surface area contributed by atoms with Crippen molar-refractivity contribution in [1.82, 2.24) is 5.32 Å². The normalized spacial score (nSPS) is 8.73. The Hall–Kier alpha value is -0.660. The van der Waals surface area contributed by atoms with Crippen molar-refractivity contribution in [2.75, 3.05) is 24.6 Å². The van der Waals surface area contributed by atoms with E-state index in [-0.39, 0.29) is 5.91 Å². The molecule has 0 rings (SSSR count). The summed E-state index contributed by atoms with van der Waals surface area (Å²) in [5.74, 6) is 3.55. The van der Waals surface area contributed by atoms with Gasteiger partial charge >= 0.3 is 0 Å². The van der Waals surface area contributed by atoms with E-state index >= 15 is 0 Å². The number of nitrogens with two attached hydrogens (primary N) is 1. The lowest BCUT2D eigenvalue weighted by Gasteiger charge is -1.99. The molecule has 62 valence electrons. The predicted octanol–water partition coefficient (Wildman–Crippen LogP) is -0.572. The number of nitrogens with one attached hydrogen (secondary N) is 1. The van der Waals surface area contributed by atoms with E-state index in [2.05, 4.69) is 11.2 Å².